The van der Waals surface area contributed by atoms with E-state index in [1.165, 1.54) is 0 Å². The van der Waals surface area contributed by atoms with Crippen molar-refractivity contribution in [2.24, 2.45) is 0 Å². The highest BCUT2D eigenvalue weighted by Gasteiger charge is 2.23. The average Bonchev–Trinajstić information content (AvgIpc) is 2.29. The van der Waals surface area contributed by atoms with E-state index in [-0.39, 0.29) is 17.4 Å². The molecule has 94 valence electrons. The van der Waals surface area contributed by atoms with Gasteiger partial charge in [-0.25, -0.2) is 0 Å². The van der Waals surface area contributed by atoms with Gasteiger partial charge in [0.25, 0.3) is 0 Å². The fourth-order valence-electron chi connectivity index (χ4n) is 2.07. The molecule has 17 heavy (non-hydrogen) atoms. The number of nitrogen functional groups attached to an aromatic ring is 1. The Morgan fingerprint density at radius 1 is 1.41 bits per heavy atom. The van der Waals surface area contributed by atoms with E-state index in [0.717, 1.165) is 12.8 Å². The molecule has 0 amide bonds. The Balaban J connectivity index is 3.21. The third-order valence-electron chi connectivity index (χ3n) is 3.10. The van der Waals surface area contributed by atoms with Crippen molar-refractivity contribution in [2.75, 3.05) is 17.7 Å². The molecule has 0 atom stereocenters. The van der Waals surface area contributed by atoms with E-state index >= 15 is 0 Å². The van der Waals surface area contributed by atoms with Crippen LogP contribution in [0, 0.1) is 10.1 Å². The van der Waals surface area contributed by atoms with Crippen LogP contribution in [-0.2, 0) is 0 Å². The van der Waals surface area contributed by atoms with E-state index < -0.39 is 4.92 Å². The molecule has 0 spiro atoms. The molecule has 0 saturated carbocycles. The number of nitro benzene ring substituents is 1. The van der Waals surface area contributed by atoms with E-state index in [2.05, 4.69) is 13.8 Å². The molecule has 0 heterocycles. The summed E-state index contributed by atoms with van der Waals surface area (Å²) >= 11 is 0. The number of hydrogen-bond donors (Lipinski definition) is 1. The lowest BCUT2D eigenvalue weighted by molar-refractivity contribution is -0.383. The Morgan fingerprint density at radius 2 is 2.00 bits per heavy atom. The number of nitro groups is 1. The largest absolute Gasteiger partial charge is 0.393 e. The Labute approximate surface area is 101 Å². The molecule has 0 aliphatic rings. The summed E-state index contributed by atoms with van der Waals surface area (Å²) in [6.07, 6.45) is 1.89. The fraction of sp³-hybridized carbons (Fsp3) is 0.500. The molecule has 0 unspecified atom stereocenters. The zero-order chi connectivity index (χ0) is 13.0. The van der Waals surface area contributed by atoms with E-state index in [1.54, 1.807) is 18.2 Å². The first-order valence-electron chi connectivity index (χ1n) is 5.78. The number of anilines is 2. The summed E-state index contributed by atoms with van der Waals surface area (Å²) in [6.45, 7) is 4.14. The predicted molar refractivity (Wildman–Crippen MR) is 70.3 cm³/mol. The Hall–Kier alpha value is -1.78. The smallest absolute Gasteiger partial charge is 0.315 e. The monoisotopic (exact) mass is 237 g/mol. The van der Waals surface area contributed by atoms with E-state index in [1.807, 2.05) is 11.9 Å². The van der Waals surface area contributed by atoms with Crippen LogP contribution < -0.4 is 10.6 Å². The van der Waals surface area contributed by atoms with Crippen LogP contribution in [0.4, 0.5) is 17.1 Å². The first-order chi connectivity index (χ1) is 8.02. The van der Waals surface area contributed by atoms with Gasteiger partial charge in [-0.3, -0.25) is 10.1 Å². The van der Waals surface area contributed by atoms with Gasteiger partial charge in [-0.15, -0.1) is 0 Å². The first kappa shape index (κ1) is 13.3. The van der Waals surface area contributed by atoms with Crippen molar-refractivity contribution >= 4 is 17.1 Å². The normalized spacial score (nSPS) is 10.6. The van der Waals surface area contributed by atoms with Gasteiger partial charge in [0.1, 0.15) is 11.4 Å². The summed E-state index contributed by atoms with van der Waals surface area (Å²) in [5.74, 6) is 0. The van der Waals surface area contributed by atoms with Crippen LogP contribution in [-0.4, -0.2) is 18.0 Å². The SMILES string of the molecule is CCC(CC)N(C)c1cccc(N)c1[N+](=O)[O-]. The molecule has 1 rings (SSSR count). The zero-order valence-electron chi connectivity index (χ0n) is 10.5. The van der Waals surface area contributed by atoms with Crippen molar-refractivity contribution in [2.45, 2.75) is 32.7 Å². The van der Waals surface area contributed by atoms with Crippen LogP contribution in [0.25, 0.3) is 0 Å². The maximum absolute atomic E-state index is 11.0. The lowest BCUT2D eigenvalue weighted by atomic mass is 10.1. The van der Waals surface area contributed by atoms with Gasteiger partial charge >= 0.3 is 5.69 Å². The third kappa shape index (κ3) is 2.67. The van der Waals surface area contributed by atoms with Gasteiger partial charge < -0.3 is 10.6 Å². The van der Waals surface area contributed by atoms with Crippen molar-refractivity contribution in [1.82, 2.24) is 0 Å². The highest BCUT2D eigenvalue weighted by atomic mass is 16.6. The Bertz CT molecular complexity index is 403. The minimum absolute atomic E-state index is 0.00176. The Morgan fingerprint density at radius 3 is 2.47 bits per heavy atom. The van der Waals surface area contributed by atoms with Crippen molar-refractivity contribution in [1.29, 1.82) is 0 Å². The van der Waals surface area contributed by atoms with Gasteiger partial charge in [-0.1, -0.05) is 19.9 Å². The van der Waals surface area contributed by atoms with Crippen molar-refractivity contribution < 1.29 is 4.92 Å². The maximum atomic E-state index is 11.0. The number of nitrogens with two attached hydrogens (primary N) is 1. The van der Waals surface area contributed by atoms with Gasteiger partial charge in [0, 0.05) is 13.1 Å². The third-order valence-corrected chi connectivity index (χ3v) is 3.10. The van der Waals surface area contributed by atoms with E-state index in [9.17, 15) is 10.1 Å². The van der Waals surface area contributed by atoms with Gasteiger partial charge in [-0.2, -0.15) is 0 Å². The average molecular weight is 237 g/mol. The quantitative estimate of drug-likeness (QED) is 0.485. The highest BCUT2D eigenvalue weighted by Crippen LogP contribution is 2.34. The van der Waals surface area contributed by atoms with E-state index in [0.29, 0.717) is 5.69 Å². The molecule has 1 aromatic carbocycles. The van der Waals surface area contributed by atoms with Crippen molar-refractivity contribution in [3.63, 3.8) is 0 Å². The summed E-state index contributed by atoms with van der Waals surface area (Å²) < 4.78 is 0. The second kappa shape index (κ2) is 5.52. The number of para-hydroxylation sites is 1. The van der Waals surface area contributed by atoms with Crippen molar-refractivity contribution in [3.8, 4) is 0 Å². The fourth-order valence-corrected chi connectivity index (χ4v) is 2.07. The molecule has 1 aromatic rings. The lowest BCUT2D eigenvalue weighted by Crippen LogP contribution is -2.30. The molecule has 0 fully saturated rings. The maximum Gasteiger partial charge on any atom is 0.315 e. The zero-order valence-corrected chi connectivity index (χ0v) is 10.5. The molecule has 5 nitrogen and oxygen atoms in total. The van der Waals surface area contributed by atoms with Crippen LogP contribution in [0.5, 0.6) is 0 Å². The summed E-state index contributed by atoms with van der Waals surface area (Å²) in [4.78, 5) is 12.6. The van der Waals surface area contributed by atoms with Crippen molar-refractivity contribution in [3.05, 3.63) is 28.3 Å². The summed E-state index contributed by atoms with van der Waals surface area (Å²) in [5.41, 5.74) is 6.48. The van der Waals surface area contributed by atoms with Gasteiger partial charge in [0.2, 0.25) is 0 Å². The minimum atomic E-state index is -0.413. The number of rotatable bonds is 5. The second-order valence-electron chi connectivity index (χ2n) is 4.05. The molecular weight excluding hydrogens is 218 g/mol. The molecule has 2 N–H and O–H groups in total. The number of hydrogen-bond acceptors (Lipinski definition) is 4. The summed E-state index contributed by atoms with van der Waals surface area (Å²) in [7, 11) is 1.87. The van der Waals surface area contributed by atoms with Crippen LogP contribution in [0.3, 0.4) is 0 Å². The highest BCUT2D eigenvalue weighted by molar-refractivity contribution is 5.75. The predicted octanol–water partition coefficient (Wildman–Crippen LogP) is 2.80. The molecule has 0 bridgehead atoms. The number of benzene rings is 1. The molecule has 5 heteroatoms. The molecule has 0 radical (unpaired) electrons. The minimum Gasteiger partial charge on any atom is -0.393 e. The Kier molecular flexibility index (Phi) is 4.31. The van der Waals surface area contributed by atoms with Gasteiger partial charge in [0.15, 0.2) is 0 Å². The molecule has 0 saturated heterocycles. The molecule has 0 aliphatic heterocycles. The van der Waals surface area contributed by atoms with Crippen LogP contribution in [0.1, 0.15) is 26.7 Å². The molecular formula is C12H19N3O2. The van der Waals surface area contributed by atoms with Gasteiger partial charge in [0.05, 0.1) is 4.92 Å². The van der Waals surface area contributed by atoms with Crippen LogP contribution in [0.15, 0.2) is 18.2 Å². The lowest BCUT2D eigenvalue weighted by Gasteiger charge is -2.28. The second-order valence-corrected chi connectivity index (χ2v) is 4.05. The topological polar surface area (TPSA) is 72.4 Å². The summed E-state index contributed by atoms with van der Waals surface area (Å²) in [6, 6.07) is 5.33. The van der Waals surface area contributed by atoms with E-state index in [4.69, 9.17) is 5.73 Å². The van der Waals surface area contributed by atoms with Crippen LogP contribution in [0.2, 0.25) is 0 Å². The first-order valence-corrected chi connectivity index (χ1v) is 5.78. The standard InChI is InChI=1S/C12H19N3O2/c1-4-9(5-2)14(3)11-8-6-7-10(13)12(11)15(16)17/h6-9H,4-5,13H2,1-3H3. The van der Waals surface area contributed by atoms with Gasteiger partial charge in [-0.05, 0) is 25.0 Å². The number of nitrogens with zero attached hydrogens (tertiary/aromatic N) is 2. The molecule has 0 aromatic heterocycles. The molecule has 0 aliphatic carbocycles. The summed E-state index contributed by atoms with van der Waals surface area (Å²) in [5, 5.41) is 11.0. The van der Waals surface area contributed by atoms with Crippen LogP contribution >= 0.6 is 0 Å².